The largest absolute Gasteiger partial charge is 0.466 e. The van der Waals surface area contributed by atoms with Crippen molar-refractivity contribution in [3.63, 3.8) is 0 Å². The smallest absolute Gasteiger partial charge is 0.412 e. The fourth-order valence-electron chi connectivity index (χ4n) is 2.86. The van der Waals surface area contributed by atoms with Crippen LogP contribution in [0.2, 0.25) is 0 Å². The van der Waals surface area contributed by atoms with E-state index in [4.69, 9.17) is 9.47 Å². The van der Waals surface area contributed by atoms with Crippen molar-refractivity contribution in [3.05, 3.63) is 36.5 Å². The summed E-state index contributed by atoms with van der Waals surface area (Å²) in [5.74, 6) is -0.954. The summed E-state index contributed by atoms with van der Waals surface area (Å²) in [4.78, 5) is 37.4. The number of hydrogen-bond acceptors (Lipinski definition) is 6. The molecule has 1 saturated heterocycles. The van der Waals surface area contributed by atoms with Gasteiger partial charge in [-0.1, -0.05) is 37.3 Å². The molecule has 2 atom stereocenters. The summed E-state index contributed by atoms with van der Waals surface area (Å²) in [7, 11) is 1.32. The molecule has 0 aromatic carbocycles. The number of esters is 1. The number of rotatable bonds is 8. The van der Waals surface area contributed by atoms with E-state index < -0.39 is 35.4 Å². The molecule has 0 spiro atoms. The second kappa shape index (κ2) is 11.7. The Bertz CT molecular complexity index is 718. The molecule has 8 heteroatoms. The molecule has 1 fully saturated rings. The molecule has 1 aliphatic rings. The van der Waals surface area contributed by atoms with Gasteiger partial charge in [-0.2, -0.15) is 0 Å². The number of nitrogens with zero attached hydrogens (tertiary/aromatic N) is 1. The zero-order valence-electron chi connectivity index (χ0n) is 19.6. The second-order valence-corrected chi connectivity index (χ2v) is 8.76. The van der Waals surface area contributed by atoms with Crippen molar-refractivity contribution in [1.82, 2.24) is 10.2 Å². The van der Waals surface area contributed by atoms with Crippen LogP contribution in [0.1, 0.15) is 48.0 Å². The third kappa shape index (κ3) is 9.38. The van der Waals surface area contributed by atoms with Crippen LogP contribution in [0.4, 0.5) is 4.79 Å². The van der Waals surface area contributed by atoms with E-state index in [1.165, 1.54) is 18.1 Å². The predicted molar refractivity (Wildman–Crippen MR) is 118 cm³/mol. The van der Waals surface area contributed by atoms with Gasteiger partial charge in [-0.05, 0) is 41.0 Å². The van der Waals surface area contributed by atoms with E-state index in [1.807, 2.05) is 32.9 Å². The number of allylic oxidation sites excluding steroid dienone is 4. The summed E-state index contributed by atoms with van der Waals surface area (Å²) in [6.45, 7) is 11.6. The van der Waals surface area contributed by atoms with Crippen molar-refractivity contribution < 1.29 is 28.6 Å². The normalized spacial score (nSPS) is 19.8. The third-order valence-corrected chi connectivity index (χ3v) is 4.55. The van der Waals surface area contributed by atoms with Crippen molar-refractivity contribution in [2.24, 2.45) is 5.92 Å². The van der Waals surface area contributed by atoms with Crippen molar-refractivity contribution in [2.45, 2.75) is 65.4 Å². The summed E-state index contributed by atoms with van der Waals surface area (Å²) < 4.78 is 15.9. The van der Waals surface area contributed by atoms with Gasteiger partial charge in [-0.25, -0.2) is 9.59 Å². The molecule has 2 amide bonds. The van der Waals surface area contributed by atoms with Gasteiger partial charge in [0, 0.05) is 12.6 Å². The van der Waals surface area contributed by atoms with E-state index in [9.17, 15) is 14.4 Å². The van der Waals surface area contributed by atoms with Crippen LogP contribution in [0.3, 0.4) is 0 Å². The molecule has 31 heavy (non-hydrogen) atoms. The molecule has 0 unspecified atom stereocenters. The molecule has 0 aromatic rings. The molecule has 0 aromatic heterocycles. The van der Waals surface area contributed by atoms with Gasteiger partial charge < -0.3 is 19.5 Å². The molecule has 0 aliphatic carbocycles. The molecule has 1 N–H and O–H groups in total. The average molecular weight is 437 g/mol. The number of amides is 2. The van der Waals surface area contributed by atoms with Crippen LogP contribution in [-0.2, 0) is 23.8 Å². The Morgan fingerprint density at radius 2 is 1.84 bits per heavy atom. The van der Waals surface area contributed by atoms with Crippen LogP contribution in [-0.4, -0.2) is 60.5 Å². The number of nitrogens with one attached hydrogen (secondary N) is 1. The monoisotopic (exact) mass is 436 g/mol. The Hall–Kier alpha value is -2.61. The molecule has 0 bridgehead atoms. The first-order valence-corrected chi connectivity index (χ1v) is 10.4. The maximum Gasteiger partial charge on any atom is 0.412 e. The molecule has 1 rings (SSSR count). The van der Waals surface area contributed by atoms with Gasteiger partial charge in [-0.3, -0.25) is 9.69 Å². The Morgan fingerprint density at radius 1 is 1.19 bits per heavy atom. The van der Waals surface area contributed by atoms with E-state index in [2.05, 4.69) is 10.1 Å². The molecule has 1 aliphatic heterocycles. The summed E-state index contributed by atoms with van der Waals surface area (Å²) in [5.41, 5.74) is -1.45. The molecular formula is C23H36N2O6. The lowest BCUT2D eigenvalue weighted by Gasteiger charge is -2.31. The van der Waals surface area contributed by atoms with E-state index in [0.29, 0.717) is 19.5 Å². The molecule has 1 heterocycles. The SMILES string of the molecule is COC(=O)/C=C/C=C/C=C/CCNC(=O)[C@@H](C)[C@@H]1CN(C(=O)OC(C)(C)C)C(C)(C)O1. The lowest BCUT2D eigenvalue weighted by Crippen LogP contribution is -2.46. The van der Waals surface area contributed by atoms with Crippen molar-refractivity contribution in [2.75, 3.05) is 20.2 Å². The highest BCUT2D eigenvalue weighted by Crippen LogP contribution is 2.31. The Kier molecular flexibility index (Phi) is 9.97. The van der Waals surface area contributed by atoms with Crippen molar-refractivity contribution in [1.29, 1.82) is 0 Å². The first-order valence-electron chi connectivity index (χ1n) is 10.4. The topological polar surface area (TPSA) is 94.2 Å². The van der Waals surface area contributed by atoms with Crippen LogP contribution >= 0.6 is 0 Å². The summed E-state index contributed by atoms with van der Waals surface area (Å²) >= 11 is 0. The lowest BCUT2D eigenvalue weighted by atomic mass is 10.0. The number of hydrogen-bond donors (Lipinski definition) is 1. The van der Waals surface area contributed by atoms with Crippen LogP contribution in [0.15, 0.2) is 36.5 Å². The maximum atomic E-state index is 12.5. The minimum absolute atomic E-state index is 0.128. The van der Waals surface area contributed by atoms with Crippen LogP contribution in [0.5, 0.6) is 0 Å². The quantitative estimate of drug-likeness (QED) is 0.271. The number of carbonyl (C=O) groups is 3. The zero-order valence-corrected chi connectivity index (χ0v) is 19.6. The molecule has 174 valence electrons. The number of methoxy groups -OCH3 is 1. The van der Waals surface area contributed by atoms with Crippen LogP contribution in [0.25, 0.3) is 0 Å². The van der Waals surface area contributed by atoms with E-state index in [-0.39, 0.29) is 5.91 Å². The van der Waals surface area contributed by atoms with Gasteiger partial charge in [0.2, 0.25) is 5.91 Å². The average Bonchev–Trinajstić information content (AvgIpc) is 2.99. The summed E-state index contributed by atoms with van der Waals surface area (Å²) in [6, 6.07) is 0. The standard InChI is InChI=1S/C23H36N2O6/c1-17(18-16-25(23(5,6)30-18)21(28)31-22(2,3)4)20(27)24-15-13-11-9-8-10-12-14-19(26)29-7/h8-12,14,17-18H,13,15-16H2,1-7H3,(H,24,27)/b10-8+,11-9+,14-12+/t17-,18-/m0/s1. The third-order valence-electron chi connectivity index (χ3n) is 4.55. The van der Waals surface area contributed by atoms with E-state index in [0.717, 1.165) is 0 Å². The predicted octanol–water partition coefficient (Wildman–Crippen LogP) is 3.34. The van der Waals surface area contributed by atoms with Gasteiger partial charge in [-0.15, -0.1) is 0 Å². The Balaban J connectivity index is 2.45. The minimum atomic E-state index is -0.848. The Labute approximate surface area is 185 Å². The fraction of sp³-hybridized carbons (Fsp3) is 0.609. The summed E-state index contributed by atoms with van der Waals surface area (Å²) in [6.07, 6.45) is 9.93. The van der Waals surface area contributed by atoms with Crippen LogP contribution < -0.4 is 5.32 Å². The van der Waals surface area contributed by atoms with Gasteiger partial charge in [0.15, 0.2) is 0 Å². The van der Waals surface area contributed by atoms with Gasteiger partial charge >= 0.3 is 12.1 Å². The second-order valence-electron chi connectivity index (χ2n) is 8.76. The van der Waals surface area contributed by atoms with Gasteiger partial charge in [0.05, 0.1) is 25.7 Å². The molecule has 0 saturated carbocycles. The first-order chi connectivity index (χ1) is 14.4. The Morgan fingerprint density at radius 3 is 2.45 bits per heavy atom. The molecular weight excluding hydrogens is 400 g/mol. The first kappa shape index (κ1) is 26.4. The maximum absolute atomic E-state index is 12.5. The van der Waals surface area contributed by atoms with Crippen molar-refractivity contribution in [3.8, 4) is 0 Å². The van der Waals surface area contributed by atoms with E-state index in [1.54, 1.807) is 39.0 Å². The fourth-order valence-corrected chi connectivity index (χ4v) is 2.86. The van der Waals surface area contributed by atoms with Crippen LogP contribution in [0, 0.1) is 5.92 Å². The highest BCUT2D eigenvalue weighted by atomic mass is 16.6. The summed E-state index contributed by atoms with van der Waals surface area (Å²) in [5, 5.41) is 2.89. The van der Waals surface area contributed by atoms with Gasteiger partial charge in [0.25, 0.3) is 0 Å². The zero-order chi connectivity index (χ0) is 23.7. The number of carbonyl (C=O) groups excluding carboxylic acids is 3. The van der Waals surface area contributed by atoms with Crippen molar-refractivity contribution >= 4 is 18.0 Å². The van der Waals surface area contributed by atoms with Gasteiger partial charge in [0.1, 0.15) is 11.3 Å². The highest BCUT2D eigenvalue weighted by molar-refractivity contribution is 5.82. The molecule has 8 nitrogen and oxygen atoms in total. The van der Waals surface area contributed by atoms with E-state index >= 15 is 0 Å². The number of ether oxygens (including phenoxy) is 3. The molecule has 0 radical (unpaired) electrons. The highest BCUT2D eigenvalue weighted by Gasteiger charge is 2.46. The minimum Gasteiger partial charge on any atom is -0.466 e. The lowest BCUT2D eigenvalue weighted by molar-refractivity contribution is -0.135.